The molecule has 0 amide bonds. The fraction of sp³-hybridized carbons (Fsp3) is 0. The fourth-order valence-electron chi connectivity index (χ4n) is 2.43. The minimum Gasteiger partial charge on any atom is -0.275 e. The summed E-state index contributed by atoms with van der Waals surface area (Å²) in [6.45, 7) is 7.70. The molecule has 112 valence electrons. The Hall–Kier alpha value is -3.20. The highest BCUT2D eigenvalue weighted by Gasteiger charge is 2.16. The van der Waals surface area contributed by atoms with Gasteiger partial charge in [-0.25, -0.2) is 0 Å². The molecule has 0 radical (unpaired) electrons. The first-order valence-electron chi connectivity index (χ1n) is 7.37. The molecule has 0 aliphatic rings. The van der Waals surface area contributed by atoms with Crippen molar-refractivity contribution in [3.63, 3.8) is 0 Å². The van der Waals surface area contributed by atoms with Gasteiger partial charge in [0.25, 0.3) is 0 Å². The first-order chi connectivity index (χ1) is 11.3. The molecule has 0 bridgehead atoms. The molecule has 0 aliphatic carbocycles. The van der Waals surface area contributed by atoms with Gasteiger partial charge < -0.3 is 0 Å². The van der Waals surface area contributed by atoms with Gasteiger partial charge in [0.1, 0.15) is 0 Å². The Morgan fingerprint density at radius 2 is 1.26 bits per heavy atom. The maximum Gasteiger partial charge on any atom is 0.168 e. The fourth-order valence-corrected chi connectivity index (χ4v) is 2.43. The number of nitrogens with zero attached hydrogens (tertiary/aromatic N) is 3. The van der Waals surface area contributed by atoms with Gasteiger partial charge in [-0.2, -0.15) is 0 Å². The highest BCUT2D eigenvalue weighted by Crippen LogP contribution is 2.28. The quantitative estimate of drug-likeness (QED) is 0.632. The van der Waals surface area contributed by atoms with Crippen LogP contribution in [0.2, 0.25) is 0 Å². The summed E-state index contributed by atoms with van der Waals surface area (Å²) in [5, 5.41) is 8.81. The second-order valence-electron chi connectivity index (χ2n) is 4.95. The topological polar surface area (TPSA) is 30.7 Å². The normalized spacial score (nSPS) is 11.2. The lowest BCUT2D eigenvalue weighted by Gasteiger charge is -2.11. The molecule has 0 spiro atoms. The van der Waals surface area contributed by atoms with Crippen molar-refractivity contribution in [2.24, 2.45) is 0 Å². The van der Waals surface area contributed by atoms with Crippen LogP contribution in [-0.4, -0.2) is 14.8 Å². The van der Waals surface area contributed by atoms with Crippen LogP contribution in [0.1, 0.15) is 0 Å². The smallest absolute Gasteiger partial charge is 0.168 e. The van der Waals surface area contributed by atoms with E-state index in [2.05, 4.69) is 23.4 Å². The molecule has 0 saturated heterocycles. The molecule has 0 saturated carbocycles. The average Bonchev–Trinajstić information content (AvgIpc) is 3.06. The molecular formula is C20H17N3. The van der Waals surface area contributed by atoms with E-state index in [0.29, 0.717) is 0 Å². The van der Waals surface area contributed by atoms with Gasteiger partial charge in [0.15, 0.2) is 11.6 Å². The van der Waals surface area contributed by atoms with Crippen LogP contribution in [0.3, 0.4) is 0 Å². The Balaban J connectivity index is 2.27. The van der Waals surface area contributed by atoms with Crippen molar-refractivity contribution in [3.8, 4) is 22.8 Å². The van der Waals surface area contributed by atoms with Crippen molar-refractivity contribution < 1.29 is 0 Å². The van der Waals surface area contributed by atoms with Gasteiger partial charge in [-0.1, -0.05) is 79.9 Å². The van der Waals surface area contributed by atoms with Crippen molar-refractivity contribution >= 4 is 5.70 Å². The van der Waals surface area contributed by atoms with Gasteiger partial charge in [0.2, 0.25) is 0 Å². The molecule has 3 heteroatoms. The molecule has 0 fully saturated rings. The molecule has 0 N–H and O–H groups in total. The standard InChI is InChI=1S/C20H17N3/c1-3-11-18(4-2)23-19(16-12-7-5-8-13-16)21-22-20(23)17-14-9-6-10-15-17/h3-15H,1-2H2/b18-11+. The summed E-state index contributed by atoms with van der Waals surface area (Å²) < 4.78 is 2.00. The Bertz CT molecular complexity index is 786. The van der Waals surface area contributed by atoms with E-state index in [1.54, 1.807) is 12.2 Å². The van der Waals surface area contributed by atoms with E-state index in [1.807, 2.05) is 71.3 Å². The molecule has 3 nitrogen and oxygen atoms in total. The van der Waals surface area contributed by atoms with E-state index in [9.17, 15) is 0 Å². The average molecular weight is 299 g/mol. The Morgan fingerprint density at radius 1 is 0.783 bits per heavy atom. The molecule has 0 unspecified atom stereocenters. The lowest BCUT2D eigenvalue weighted by Crippen LogP contribution is -2.00. The third-order valence-electron chi connectivity index (χ3n) is 3.48. The monoisotopic (exact) mass is 299 g/mol. The number of rotatable bonds is 5. The maximum absolute atomic E-state index is 4.40. The Morgan fingerprint density at radius 3 is 1.65 bits per heavy atom. The van der Waals surface area contributed by atoms with Crippen LogP contribution in [0.15, 0.2) is 92.0 Å². The summed E-state index contributed by atoms with van der Waals surface area (Å²) in [5.74, 6) is 1.55. The highest BCUT2D eigenvalue weighted by atomic mass is 15.3. The summed E-state index contributed by atoms with van der Waals surface area (Å²) >= 11 is 0. The van der Waals surface area contributed by atoms with Crippen molar-refractivity contribution in [1.29, 1.82) is 0 Å². The summed E-state index contributed by atoms with van der Waals surface area (Å²) in [6, 6.07) is 20.0. The second-order valence-corrected chi connectivity index (χ2v) is 4.95. The van der Waals surface area contributed by atoms with Crippen molar-refractivity contribution in [3.05, 3.63) is 92.0 Å². The summed E-state index contributed by atoms with van der Waals surface area (Å²) in [5.41, 5.74) is 2.88. The molecule has 1 heterocycles. The van der Waals surface area contributed by atoms with E-state index >= 15 is 0 Å². The maximum atomic E-state index is 4.40. The van der Waals surface area contributed by atoms with Gasteiger partial charge in [-0.05, 0) is 12.2 Å². The molecule has 0 atom stereocenters. The van der Waals surface area contributed by atoms with Crippen LogP contribution in [-0.2, 0) is 0 Å². The van der Waals surface area contributed by atoms with Crippen LogP contribution >= 0.6 is 0 Å². The first-order valence-corrected chi connectivity index (χ1v) is 7.37. The van der Waals surface area contributed by atoms with E-state index in [0.717, 1.165) is 28.5 Å². The van der Waals surface area contributed by atoms with Crippen molar-refractivity contribution in [1.82, 2.24) is 14.8 Å². The summed E-state index contributed by atoms with van der Waals surface area (Å²) in [4.78, 5) is 0. The van der Waals surface area contributed by atoms with Crippen LogP contribution in [0.4, 0.5) is 0 Å². The lowest BCUT2D eigenvalue weighted by atomic mass is 10.1. The van der Waals surface area contributed by atoms with Gasteiger partial charge in [-0.15, -0.1) is 10.2 Å². The SMILES string of the molecule is C=C/C=C(\C=C)n1c(-c2ccccc2)nnc1-c1ccccc1. The largest absolute Gasteiger partial charge is 0.275 e. The molecule has 3 rings (SSSR count). The third kappa shape index (κ3) is 2.90. The summed E-state index contributed by atoms with van der Waals surface area (Å²) in [6.07, 6.45) is 5.42. The number of benzene rings is 2. The van der Waals surface area contributed by atoms with Crippen molar-refractivity contribution in [2.45, 2.75) is 0 Å². The predicted molar refractivity (Wildman–Crippen MR) is 95.6 cm³/mol. The van der Waals surface area contributed by atoms with E-state index < -0.39 is 0 Å². The highest BCUT2D eigenvalue weighted by molar-refractivity contribution is 5.73. The van der Waals surface area contributed by atoms with Crippen LogP contribution in [0.5, 0.6) is 0 Å². The van der Waals surface area contributed by atoms with Gasteiger partial charge in [-0.3, -0.25) is 4.57 Å². The second kappa shape index (κ2) is 6.71. The zero-order valence-electron chi connectivity index (χ0n) is 12.8. The molecule has 23 heavy (non-hydrogen) atoms. The number of hydrogen-bond donors (Lipinski definition) is 0. The van der Waals surface area contributed by atoms with Crippen LogP contribution in [0, 0.1) is 0 Å². The molecule has 1 aromatic heterocycles. The van der Waals surface area contributed by atoms with Gasteiger partial charge in [0, 0.05) is 16.8 Å². The summed E-state index contributed by atoms with van der Waals surface area (Å²) in [7, 11) is 0. The van der Waals surface area contributed by atoms with Crippen LogP contribution in [0.25, 0.3) is 28.5 Å². The predicted octanol–water partition coefficient (Wildman–Crippen LogP) is 4.83. The van der Waals surface area contributed by atoms with Gasteiger partial charge in [0.05, 0.1) is 0 Å². The molecular weight excluding hydrogens is 282 g/mol. The number of aromatic nitrogens is 3. The van der Waals surface area contributed by atoms with Crippen LogP contribution < -0.4 is 0 Å². The zero-order valence-corrected chi connectivity index (χ0v) is 12.8. The molecule has 0 aliphatic heterocycles. The number of hydrogen-bond acceptors (Lipinski definition) is 2. The minimum atomic E-state index is 0.775. The molecule has 2 aromatic carbocycles. The minimum absolute atomic E-state index is 0.775. The van der Waals surface area contributed by atoms with Crippen molar-refractivity contribution in [2.75, 3.05) is 0 Å². The van der Waals surface area contributed by atoms with E-state index in [-0.39, 0.29) is 0 Å². The number of allylic oxidation sites excluding steroid dienone is 4. The molecule has 3 aromatic rings. The van der Waals surface area contributed by atoms with E-state index in [4.69, 9.17) is 0 Å². The lowest BCUT2D eigenvalue weighted by molar-refractivity contribution is 1.10. The Labute approximate surface area is 135 Å². The first kappa shape index (κ1) is 14.7. The third-order valence-corrected chi connectivity index (χ3v) is 3.48. The Kier molecular flexibility index (Phi) is 4.29. The zero-order chi connectivity index (χ0) is 16.1. The van der Waals surface area contributed by atoms with Gasteiger partial charge >= 0.3 is 0 Å². The van der Waals surface area contributed by atoms with E-state index in [1.165, 1.54) is 0 Å².